The minimum Gasteiger partial charge on any atom is -0.338 e. The summed E-state index contributed by atoms with van der Waals surface area (Å²) in [6.07, 6.45) is 2.74. The van der Waals surface area contributed by atoms with Crippen molar-refractivity contribution in [3.8, 4) is 0 Å². The number of rotatable bonds is 4. The summed E-state index contributed by atoms with van der Waals surface area (Å²) in [4.78, 5) is 21.2. The number of para-hydroxylation sites is 1. The number of benzene rings is 2. The number of anilines is 2. The molecule has 27 heavy (non-hydrogen) atoms. The maximum Gasteiger partial charge on any atom is 0.272 e. The van der Waals surface area contributed by atoms with E-state index >= 15 is 0 Å². The fourth-order valence-electron chi connectivity index (χ4n) is 3.77. The zero-order valence-corrected chi connectivity index (χ0v) is 15.7. The first-order valence-electron chi connectivity index (χ1n) is 9.26. The number of nitrogens with zero attached hydrogens (tertiary/aromatic N) is 3. The second-order valence-electron chi connectivity index (χ2n) is 7.10. The molecule has 4 heteroatoms. The highest BCUT2D eigenvalue weighted by Crippen LogP contribution is 2.38. The van der Waals surface area contributed by atoms with Crippen LogP contribution < -0.4 is 4.90 Å². The third-order valence-electron chi connectivity index (χ3n) is 5.06. The van der Waals surface area contributed by atoms with Gasteiger partial charge in [0.05, 0.1) is 0 Å². The summed E-state index contributed by atoms with van der Waals surface area (Å²) in [5, 5.41) is 0. The van der Waals surface area contributed by atoms with E-state index in [0.717, 1.165) is 17.7 Å². The lowest BCUT2D eigenvalue weighted by Gasteiger charge is -2.25. The normalized spacial score (nSPS) is 15.5. The summed E-state index contributed by atoms with van der Waals surface area (Å²) < 4.78 is 0. The lowest BCUT2D eigenvalue weighted by Crippen LogP contribution is -2.28. The summed E-state index contributed by atoms with van der Waals surface area (Å²) in [5.41, 5.74) is 5.15. The van der Waals surface area contributed by atoms with Gasteiger partial charge < -0.3 is 9.80 Å². The summed E-state index contributed by atoms with van der Waals surface area (Å²) in [7, 11) is 1.82. The van der Waals surface area contributed by atoms with Crippen molar-refractivity contribution in [2.75, 3.05) is 11.9 Å². The van der Waals surface area contributed by atoms with Crippen LogP contribution in [0.1, 0.15) is 28.5 Å². The molecule has 0 saturated carbocycles. The van der Waals surface area contributed by atoms with E-state index in [1.54, 1.807) is 11.1 Å². The molecule has 0 aliphatic carbocycles. The average molecular weight is 357 g/mol. The zero-order valence-electron chi connectivity index (χ0n) is 15.7. The molecule has 4 nitrogen and oxygen atoms in total. The first-order chi connectivity index (χ1) is 13.1. The summed E-state index contributed by atoms with van der Waals surface area (Å²) in [5.74, 6) is -0.0687. The lowest BCUT2D eigenvalue weighted by molar-refractivity contribution is 0.0779. The van der Waals surface area contributed by atoms with Crippen LogP contribution in [0.5, 0.6) is 0 Å². The molecule has 0 spiro atoms. The molecular formula is C23H23N3O. The van der Waals surface area contributed by atoms with Crippen LogP contribution in [0.15, 0.2) is 72.9 Å². The van der Waals surface area contributed by atoms with Gasteiger partial charge in [-0.3, -0.25) is 9.78 Å². The molecule has 1 atom stereocenters. The fraction of sp³-hybridized carbons (Fsp3) is 0.217. The van der Waals surface area contributed by atoms with Crippen LogP contribution in [0.25, 0.3) is 0 Å². The van der Waals surface area contributed by atoms with E-state index < -0.39 is 0 Å². The largest absolute Gasteiger partial charge is 0.338 e. The van der Waals surface area contributed by atoms with Crippen molar-refractivity contribution in [3.05, 3.63) is 89.7 Å². The minimum atomic E-state index is -0.0687. The van der Waals surface area contributed by atoms with E-state index in [1.807, 2.05) is 49.5 Å². The predicted octanol–water partition coefficient (Wildman–Crippen LogP) is 4.44. The first kappa shape index (κ1) is 17.3. The van der Waals surface area contributed by atoms with Gasteiger partial charge in [0.15, 0.2) is 0 Å². The molecule has 2 aromatic carbocycles. The fourth-order valence-corrected chi connectivity index (χ4v) is 3.77. The second-order valence-corrected chi connectivity index (χ2v) is 7.10. The Morgan fingerprint density at radius 3 is 2.67 bits per heavy atom. The van der Waals surface area contributed by atoms with Crippen LogP contribution in [-0.2, 0) is 13.0 Å². The van der Waals surface area contributed by atoms with Crippen LogP contribution in [0, 0.1) is 0 Å². The molecule has 1 amide bonds. The molecule has 4 rings (SSSR count). The van der Waals surface area contributed by atoms with Crippen LogP contribution in [0.2, 0.25) is 0 Å². The Balaban J connectivity index is 1.58. The number of fused-ring (bicyclic) bond motifs is 1. The van der Waals surface area contributed by atoms with Crippen molar-refractivity contribution in [1.29, 1.82) is 0 Å². The van der Waals surface area contributed by atoms with E-state index in [1.165, 1.54) is 11.3 Å². The number of amides is 1. The van der Waals surface area contributed by atoms with Gasteiger partial charge in [0.2, 0.25) is 0 Å². The Hall–Kier alpha value is -3.14. The van der Waals surface area contributed by atoms with Crippen molar-refractivity contribution in [3.63, 3.8) is 0 Å². The number of carbonyl (C=O) groups excluding carboxylic acids is 1. The molecule has 0 saturated heterocycles. The van der Waals surface area contributed by atoms with Crippen molar-refractivity contribution in [1.82, 2.24) is 9.88 Å². The van der Waals surface area contributed by atoms with Gasteiger partial charge >= 0.3 is 0 Å². The Bertz CT molecular complexity index is 955. The Labute approximate surface area is 160 Å². The van der Waals surface area contributed by atoms with Gasteiger partial charge in [-0.05, 0) is 42.7 Å². The van der Waals surface area contributed by atoms with Crippen molar-refractivity contribution < 1.29 is 4.79 Å². The van der Waals surface area contributed by atoms with Crippen LogP contribution >= 0.6 is 0 Å². The van der Waals surface area contributed by atoms with Gasteiger partial charge in [-0.25, -0.2) is 0 Å². The molecule has 1 aliphatic rings. The molecule has 1 unspecified atom stereocenters. The third kappa shape index (κ3) is 3.43. The lowest BCUT2D eigenvalue weighted by atomic mass is 10.1. The molecular weight excluding hydrogens is 334 g/mol. The first-order valence-corrected chi connectivity index (χ1v) is 9.26. The highest BCUT2D eigenvalue weighted by molar-refractivity contribution is 5.93. The number of aromatic nitrogens is 1. The molecule has 0 bridgehead atoms. The SMILES string of the molecule is CC1Cc2ccccc2N1c1ccnc(C(=O)N(C)Cc2ccccc2)c1. The van der Waals surface area contributed by atoms with Gasteiger partial charge in [0.25, 0.3) is 5.91 Å². The Morgan fingerprint density at radius 2 is 1.85 bits per heavy atom. The molecule has 0 radical (unpaired) electrons. The second kappa shape index (κ2) is 7.23. The van der Waals surface area contributed by atoms with Gasteiger partial charge in [-0.2, -0.15) is 0 Å². The van der Waals surface area contributed by atoms with Crippen molar-refractivity contribution in [2.24, 2.45) is 0 Å². The standard InChI is InChI=1S/C23H23N3O/c1-17-14-19-10-6-7-11-22(19)26(17)20-12-13-24-21(15-20)23(27)25(2)16-18-8-4-3-5-9-18/h3-13,15,17H,14,16H2,1-2H3. The maximum atomic E-state index is 12.9. The molecule has 1 aromatic heterocycles. The van der Waals surface area contributed by atoms with Gasteiger partial charge in [-0.1, -0.05) is 48.5 Å². The van der Waals surface area contributed by atoms with E-state index in [0.29, 0.717) is 18.3 Å². The monoisotopic (exact) mass is 357 g/mol. The quantitative estimate of drug-likeness (QED) is 0.693. The predicted molar refractivity (Wildman–Crippen MR) is 108 cm³/mol. The molecule has 136 valence electrons. The molecule has 1 aliphatic heterocycles. The molecule has 0 fully saturated rings. The average Bonchev–Trinajstić information content (AvgIpc) is 3.04. The highest BCUT2D eigenvalue weighted by atomic mass is 16.2. The number of pyridine rings is 1. The van der Waals surface area contributed by atoms with Gasteiger partial charge in [0, 0.05) is 37.2 Å². The van der Waals surface area contributed by atoms with Crippen LogP contribution in [0.4, 0.5) is 11.4 Å². The zero-order chi connectivity index (χ0) is 18.8. The highest BCUT2D eigenvalue weighted by Gasteiger charge is 2.27. The third-order valence-corrected chi connectivity index (χ3v) is 5.06. The van der Waals surface area contributed by atoms with E-state index in [4.69, 9.17) is 0 Å². The molecule has 2 heterocycles. The Morgan fingerprint density at radius 1 is 1.11 bits per heavy atom. The summed E-state index contributed by atoms with van der Waals surface area (Å²) >= 11 is 0. The van der Waals surface area contributed by atoms with E-state index in [9.17, 15) is 4.79 Å². The van der Waals surface area contributed by atoms with Gasteiger partial charge in [-0.15, -0.1) is 0 Å². The number of hydrogen-bond acceptors (Lipinski definition) is 3. The van der Waals surface area contributed by atoms with Crippen LogP contribution in [-0.4, -0.2) is 28.9 Å². The Kier molecular flexibility index (Phi) is 4.63. The topological polar surface area (TPSA) is 36.4 Å². The van der Waals surface area contributed by atoms with E-state index in [-0.39, 0.29) is 5.91 Å². The van der Waals surface area contributed by atoms with E-state index in [2.05, 4.69) is 41.1 Å². The molecule has 0 N–H and O–H groups in total. The summed E-state index contributed by atoms with van der Waals surface area (Å²) in [6.45, 7) is 2.78. The minimum absolute atomic E-state index is 0.0687. The number of hydrogen-bond donors (Lipinski definition) is 0. The van der Waals surface area contributed by atoms with Crippen molar-refractivity contribution in [2.45, 2.75) is 25.9 Å². The molecule has 3 aromatic rings. The van der Waals surface area contributed by atoms with Gasteiger partial charge in [0.1, 0.15) is 5.69 Å². The maximum absolute atomic E-state index is 12.9. The van der Waals surface area contributed by atoms with Crippen LogP contribution in [0.3, 0.4) is 0 Å². The van der Waals surface area contributed by atoms with Crippen molar-refractivity contribution >= 4 is 17.3 Å². The smallest absolute Gasteiger partial charge is 0.272 e. The number of carbonyl (C=O) groups is 1. The summed E-state index contributed by atoms with van der Waals surface area (Å²) in [6, 6.07) is 22.7.